The lowest BCUT2D eigenvalue weighted by Gasteiger charge is -2.40. The molecule has 1 saturated heterocycles. The quantitative estimate of drug-likeness (QED) is 0.0363. The molecule has 2 unspecified atom stereocenters. The largest absolute Gasteiger partial charge is 0.462 e. The summed E-state index contributed by atoms with van der Waals surface area (Å²) in [6, 6.07) is 0. The van der Waals surface area contributed by atoms with Gasteiger partial charge in [-0.05, 0) is 12.8 Å². The molecule has 0 aromatic carbocycles. The van der Waals surface area contributed by atoms with Gasteiger partial charge >= 0.3 is 11.9 Å². The highest BCUT2D eigenvalue weighted by Crippen LogP contribution is 2.24. The van der Waals surface area contributed by atoms with Crippen molar-refractivity contribution in [3.05, 3.63) is 0 Å². The molecule has 0 aromatic heterocycles. The smallest absolute Gasteiger partial charge is 0.306 e. The monoisotopic (exact) mass is 724 g/mol. The van der Waals surface area contributed by atoms with Crippen LogP contribution >= 0.6 is 0 Å². The van der Waals surface area contributed by atoms with E-state index in [4.69, 9.17) is 18.9 Å². The second kappa shape index (κ2) is 28.3. The molecule has 290 valence electrons. The Kier molecular flexibility index (Phi) is 26.3. The molecule has 4 N–H and O–H groups in total. The molecule has 1 heterocycles. The van der Waals surface area contributed by atoms with Crippen molar-refractivity contribution in [3.63, 3.8) is 0 Å². The number of aliphatic hydroxyl groups excluding tert-OH is 3. The zero-order valence-corrected chi connectivity index (χ0v) is 31.1. The molecule has 0 saturated carbocycles. The van der Waals surface area contributed by atoms with Crippen molar-refractivity contribution < 1.29 is 56.8 Å². The van der Waals surface area contributed by atoms with Crippen LogP contribution in [0.15, 0.2) is 0 Å². The van der Waals surface area contributed by atoms with Gasteiger partial charge < -0.3 is 34.3 Å². The lowest BCUT2D eigenvalue weighted by molar-refractivity contribution is -0.297. The SMILES string of the molecule is CCCCCCCCCCCCCC(=O)OC[C@H](CO[C@H]1O[C@H](CS(=O)(=O)O)[C@@H](O)C(O)C1O)OC(=O)CCCCCCCCCCCC. The highest BCUT2D eigenvalue weighted by Gasteiger charge is 2.46. The van der Waals surface area contributed by atoms with Gasteiger partial charge in [0.2, 0.25) is 0 Å². The second-order valence-electron chi connectivity index (χ2n) is 13.6. The first kappa shape index (κ1) is 45.7. The molecule has 6 atom stereocenters. The number of unbranched alkanes of at least 4 members (excludes halogenated alkanes) is 19. The summed E-state index contributed by atoms with van der Waals surface area (Å²) in [5, 5.41) is 30.7. The standard InChI is InChI=1S/C36H68O12S/c1-3-5-7-9-11-13-15-17-18-20-22-24-31(37)45-26-29(47-32(38)25-23-21-19-16-14-12-10-8-6-4-2)27-46-36-35(41)34(40)33(39)30(48-36)28-49(42,43)44/h29-30,33-36,39-41H,3-28H2,1-2H3,(H,42,43,44)/t29-,30-,33-,34?,35?,36+/m1/s1. The van der Waals surface area contributed by atoms with E-state index in [0.29, 0.717) is 12.8 Å². The number of carbonyl (C=O) groups is 2. The molecule has 0 aromatic rings. The molecular formula is C36H68O12S. The molecule has 0 aliphatic carbocycles. The van der Waals surface area contributed by atoms with Crippen molar-refractivity contribution in [1.82, 2.24) is 0 Å². The van der Waals surface area contributed by atoms with Gasteiger partial charge in [0, 0.05) is 12.8 Å². The van der Waals surface area contributed by atoms with Crippen molar-refractivity contribution in [3.8, 4) is 0 Å². The predicted octanol–water partition coefficient (Wildman–Crippen LogP) is 6.17. The van der Waals surface area contributed by atoms with Crippen LogP contribution in [0.3, 0.4) is 0 Å². The molecule has 0 amide bonds. The summed E-state index contributed by atoms with van der Waals surface area (Å²) in [4.78, 5) is 25.1. The summed E-state index contributed by atoms with van der Waals surface area (Å²) in [6.07, 6.45) is 14.6. The van der Waals surface area contributed by atoms with Crippen LogP contribution in [0.1, 0.15) is 162 Å². The molecule has 1 rings (SSSR count). The number of carbonyl (C=O) groups excluding carboxylic acids is 2. The van der Waals surface area contributed by atoms with Crippen LogP contribution < -0.4 is 0 Å². The van der Waals surface area contributed by atoms with Crippen LogP contribution in [0, 0.1) is 0 Å². The third-order valence-corrected chi connectivity index (χ3v) is 9.69. The van der Waals surface area contributed by atoms with Gasteiger partial charge in [0.15, 0.2) is 12.4 Å². The van der Waals surface area contributed by atoms with Crippen molar-refractivity contribution in [2.75, 3.05) is 19.0 Å². The normalized spacial score (nSPS) is 21.8. The molecule has 1 aliphatic rings. The minimum atomic E-state index is -4.59. The highest BCUT2D eigenvalue weighted by atomic mass is 32.2. The van der Waals surface area contributed by atoms with Crippen LogP contribution in [0.4, 0.5) is 0 Å². The number of ether oxygens (including phenoxy) is 4. The summed E-state index contributed by atoms with van der Waals surface area (Å²) in [5.41, 5.74) is 0. The number of hydrogen-bond acceptors (Lipinski definition) is 11. The molecule has 13 heteroatoms. The van der Waals surface area contributed by atoms with Crippen molar-refractivity contribution in [2.24, 2.45) is 0 Å². The van der Waals surface area contributed by atoms with Crippen LogP contribution in [-0.4, -0.2) is 96.0 Å². The number of rotatable bonds is 31. The minimum Gasteiger partial charge on any atom is -0.462 e. The van der Waals surface area contributed by atoms with E-state index in [2.05, 4.69) is 13.8 Å². The van der Waals surface area contributed by atoms with E-state index in [1.54, 1.807) is 0 Å². The second-order valence-corrected chi connectivity index (χ2v) is 15.1. The van der Waals surface area contributed by atoms with E-state index in [1.165, 1.54) is 83.5 Å². The van der Waals surface area contributed by atoms with E-state index >= 15 is 0 Å². The van der Waals surface area contributed by atoms with Gasteiger partial charge in [0.1, 0.15) is 36.8 Å². The third-order valence-electron chi connectivity index (χ3n) is 8.94. The third kappa shape index (κ3) is 23.7. The van der Waals surface area contributed by atoms with E-state index < -0.39 is 71.2 Å². The molecule has 1 aliphatic heterocycles. The van der Waals surface area contributed by atoms with E-state index in [0.717, 1.165) is 38.5 Å². The zero-order chi connectivity index (χ0) is 36.3. The lowest BCUT2D eigenvalue weighted by atomic mass is 10.00. The van der Waals surface area contributed by atoms with Gasteiger partial charge in [0.25, 0.3) is 10.1 Å². The van der Waals surface area contributed by atoms with Gasteiger partial charge in [-0.2, -0.15) is 8.42 Å². The van der Waals surface area contributed by atoms with Crippen molar-refractivity contribution >= 4 is 22.1 Å². The summed E-state index contributed by atoms with van der Waals surface area (Å²) >= 11 is 0. The molecule has 0 radical (unpaired) electrons. The predicted molar refractivity (Wildman–Crippen MR) is 187 cm³/mol. The van der Waals surface area contributed by atoms with E-state index in [9.17, 15) is 37.9 Å². The molecule has 12 nitrogen and oxygen atoms in total. The lowest BCUT2D eigenvalue weighted by Crippen LogP contribution is -2.60. The maximum Gasteiger partial charge on any atom is 0.306 e. The maximum absolute atomic E-state index is 12.7. The van der Waals surface area contributed by atoms with Gasteiger partial charge in [-0.1, -0.05) is 136 Å². The number of aliphatic hydroxyl groups is 3. The molecule has 0 spiro atoms. The van der Waals surface area contributed by atoms with Gasteiger partial charge in [-0.15, -0.1) is 0 Å². The Morgan fingerprint density at radius 3 is 1.49 bits per heavy atom. The average molecular weight is 725 g/mol. The van der Waals surface area contributed by atoms with Crippen LogP contribution in [0.25, 0.3) is 0 Å². The average Bonchev–Trinajstić information content (AvgIpc) is 3.05. The molecule has 1 fully saturated rings. The Morgan fingerprint density at radius 1 is 0.612 bits per heavy atom. The fourth-order valence-electron chi connectivity index (χ4n) is 5.91. The van der Waals surface area contributed by atoms with Gasteiger partial charge in [-0.3, -0.25) is 14.1 Å². The summed E-state index contributed by atoms with van der Waals surface area (Å²) in [6.45, 7) is 3.71. The van der Waals surface area contributed by atoms with Crippen LogP contribution in [-0.2, 0) is 38.7 Å². The van der Waals surface area contributed by atoms with E-state index in [-0.39, 0.29) is 19.4 Å². The molecular weight excluding hydrogens is 656 g/mol. The van der Waals surface area contributed by atoms with Crippen LogP contribution in [0.5, 0.6) is 0 Å². The number of esters is 2. The first-order chi connectivity index (χ1) is 23.5. The minimum absolute atomic E-state index is 0.170. The fraction of sp³-hybridized carbons (Fsp3) is 0.944. The summed E-state index contributed by atoms with van der Waals surface area (Å²) in [5.74, 6) is -1.97. The van der Waals surface area contributed by atoms with E-state index in [1.807, 2.05) is 0 Å². The molecule has 49 heavy (non-hydrogen) atoms. The number of hydrogen-bond donors (Lipinski definition) is 4. The van der Waals surface area contributed by atoms with Gasteiger partial charge in [-0.25, -0.2) is 0 Å². The Hall–Kier alpha value is -1.35. The Balaban J connectivity index is 2.53. The van der Waals surface area contributed by atoms with Crippen LogP contribution in [0.2, 0.25) is 0 Å². The first-order valence-electron chi connectivity index (χ1n) is 19.1. The Labute approximate surface area is 295 Å². The molecule has 0 bridgehead atoms. The van der Waals surface area contributed by atoms with Crippen molar-refractivity contribution in [2.45, 2.75) is 198 Å². The highest BCUT2D eigenvalue weighted by molar-refractivity contribution is 7.85. The van der Waals surface area contributed by atoms with Gasteiger partial charge in [0.05, 0.1) is 6.61 Å². The maximum atomic E-state index is 12.7. The Morgan fingerprint density at radius 2 is 1.04 bits per heavy atom. The fourth-order valence-corrected chi connectivity index (χ4v) is 6.60. The zero-order valence-electron chi connectivity index (χ0n) is 30.3. The summed E-state index contributed by atoms with van der Waals surface area (Å²) in [7, 11) is -4.59. The Bertz CT molecular complexity index is 946. The first-order valence-corrected chi connectivity index (χ1v) is 20.7. The topological polar surface area (TPSA) is 186 Å². The van der Waals surface area contributed by atoms with Crippen molar-refractivity contribution in [1.29, 1.82) is 0 Å². The summed E-state index contributed by atoms with van der Waals surface area (Å²) < 4.78 is 53.7.